The van der Waals surface area contributed by atoms with E-state index >= 15 is 0 Å². The van der Waals surface area contributed by atoms with Gasteiger partial charge in [0.1, 0.15) is 0 Å². The molecule has 0 aromatic carbocycles. The van der Waals surface area contributed by atoms with Gasteiger partial charge in [-0.25, -0.2) is 4.98 Å². The number of carbonyl (C=O) groups is 2. The molecule has 2 aromatic rings. The summed E-state index contributed by atoms with van der Waals surface area (Å²) in [6.07, 6.45) is 1.29. The zero-order valence-corrected chi connectivity index (χ0v) is 13.9. The highest BCUT2D eigenvalue weighted by Crippen LogP contribution is 2.21. The summed E-state index contributed by atoms with van der Waals surface area (Å²) >= 11 is 0. The lowest BCUT2D eigenvalue weighted by atomic mass is 10.0. The molecule has 7 heteroatoms. The van der Waals surface area contributed by atoms with Gasteiger partial charge in [-0.05, 0) is 26.3 Å². The zero-order chi connectivity index (χ0) is 17.1. The summed E-state index contributed by atoms with van der Waals surface area (Å²) in [6, 6.07) is 1.71. The van der Waals surface area contributed by atoms with Crippen molar-refractivity contribution in [2.75, 3.05) is 6.54 Å². The molecule has 0 saturated heterocycles. The van der Waals surface area contributed by atoms with Gasteiger partial charge in [-0.1, -0.05) is 13.3 Å². The average Bonchev–Trinajstić information content (AvgIpc) is 2.76. The third-order valence-corrected chi connectivity index (χ3v) is 3.84. The van der Waals surface area contributed by atoms with Gasteiger partial charge in [-0.3, -0.25) is 14.3 Å². The Morgan fingerprint density at radius 2 is 2.09 bits per heavy atom. The third-order valence-electron chi connectivity index (χ3n) is 3.84. The summed E-state index contributed by atoms with van der Waals surface area (Å²) in [6.45, 7) is 5.68. The lowest BCUT2D eigenvalue weighted by molar-refractivity contribution is -0.141. The lowest BCUT2D eigenvalue weighted by Crippen LogP contribution is -2.33. The summed E-state index contributed by atoms with van der Waals surface area (Å²) in [4.78, 5) is 28.1. The largest absolute Gasteiger partial charge is 0.481 e. The molecule has 1 amide bonds. The van der Waals surface area contributed by atoms with Crippen LogP contribution < -0.4 is 5.32 Å². The Morgan fingerprint density at radius 1 is 1.39 bits per heavy atom. The van der Waals surface area contributed by atoms with Crippen LogP contribution in [-0.2, 0) is 11.8 Å². The summed E-state index contributed by atoms with van der Waals surface area (Å²) < 4.78 is 1.64. The number of rotatable bonds is 6. The Bertz CT molecular complexity index is 751. The number of nitrogens with zero attached hydrogens (tertiary/aromatic N) is 3. The Kier molecular flexibility index (Phi) is 4.98. The van der Waals surface area contributed by atoms with Crippen LogP contribution in [0.3, 0.4) is 0 Å². The van der Waals surface area contributed by atoms with Gasteiger partial charge in [0.25, 0.3) is 5.91 Å². The Labute approximate surface area is 134 Å². The molecule has 0 aliphatic rings. The fourth-order valence-electron chi connectivity index (χ4n) is 2.72. The minimum absolute atomic E-state index is 0.115. The van der Waals surface area contributed by atoms with Gasteiger partial charge in [0.15, 0.2) is 5.65 Å². The molecule has 0 aliphatic carbocycles. The van der Waals surface area contributed by atoms with Crippen molar-refractivity contribution in [2.45, 2.75) is 33.6 Å². The first-order chi connectivity index (χ1) is 10.8. The van der Waals surface area contributed by atoms with Gasteiger partial charge in [-0.2, -0.15) is 5.10 Å². The van der Waals surface area contributed by atoms with Crippen molar-refractivity contribution in [1.82, 2.24) is 20.1 Å². The molecule has 2 N–H and O–H groups in total. The number of carboxylic acids is 1. The minimum Gasteiger partial charge on any atom is -0.481 e. The van der Waals surface area contributed by atoms with E-state index in [0.717, 1.165) is 12.1 Å². The quantitative estimate of drug-likeness (QED) is 0.846. The summed E-state index contributed by atoms with van der Waals surface area (Å²) in [5.41, 5.74) is 2.58. The molecule has 0 aliphatic heterocycles. The Hall–Kier alpha value is -2.44. The van der Waals surface area contributed by atoms with Gasteiger partial charge < -0.3 is 10.4 Å². The highest BCUT2D eigenvalue weighted by atomic mass is 16.4. The van der Waals surface area contributed by atoms with Gasteiger partial charge in [0, 0.05) is 19.3 Å². The van der Waals surface area contributed by atoms with Crippen LogP contribution in [0.5, 0.6) is 0 Å². The van der Waals surface area contributed by atoms with Crippen LogP contribution in [0.1, 0.15) is 41.5 Å². The second-order valence-electron chi connectivity index (χ2n) is 5.75. The molecule has 23 heavy (non-hydrogen) atoms. The molecule has 0 fully saturated rings. The number of hydrogen-bond donors (Lipinski definition) is 2. The van der Waals surface area contributed by atoms with E-state index in [0.29, 0.717) is 28.7 Å². The number of amides is 1. The topological polar surface area (TPSA) is 97.1 Å². The van der Waals surface area contributed by atoms with Crippen LogP contribution in [0.2, 0.25) is 0 Å². The van der Waals surface area contributed by atoms with Crippen molar-refractivity contribution in [1.29, 1.82) is 0 Å². The number of carboxylic acid groups (broad SMARTS) is 1. The van der Waals surface area contributed by atoms with E-state index in [1.807, 2.05) is 20.8 Å². The van der Waals surface area contributed by atoms with E-state index in [9.17, 15) is 14.7 Å². The van der Waals surface area contributed by atoms with E-state index in [1.54, 1.807) is 17.8 Å². The number of carbonyl (C=O) groups excluding carboxylic acids is 1. The van der Waals surface area contributed by atoms with Crippen molar-refractivity contribution in [3.05, 3.63) is 23.0 Å². The number of nitrogens with one attached hydrogen (secondary N) is 1. The van der Waals surface area contributed by atoms with Crippen molar-refractivity contribution in [3.8, 4) is 0 Å². The van der Waals surface area contributed by atoms with Gasteiger partial charge >= 0.3 is 5.97 Å². The third kappa shape index (κ3) is 3.49. The van der Waals surface area contributed by atoms with Gasteiger partial charge in [0.2, 0.25) is 0 Å². The molecule has 0 bridgehead atoms. The molecule has 2 heterocycles. The van der Waals surface area contributed by atoms with E-state index in [2.05, 4.69) is 15.4 Å². The van der Waals surface area contributed by atoms with E-state index in [1.165, 1.54) is 0 Å². The highest BCUT2D eigenvalue weighted by Gasteiger charge is 2.21. The molecule has 1 unspecified atom stereocenters. The smallest absolute Gasteiger partial charge is 0.308 e. The summed E-state index contributed by atoms with van der Waals surface area (Å²) in [5.74, 6) is -1.75. The summed E-state index contributed by atoms with van der Waals surface area (Å²) in [7, 11) is 1.78. The van der Waals surface area contributed by atoms with E-state index in [-0.39, 0.29) is 12.5 Å². The standard InChI is InChI=1S/C16H22N4O3/c1-5-6-11(16(22)23)8-17-15(21)12-7-9(2)18-14-13(12)10(3)19-20(14)4/h7,11H,5-6,8H2,1-4H3,(H,17,21)(H,22,23). The molecular formula is C16H22N4O3. The van der Waals surface area contributed by atoms with Crippen LogP contribution in [0.15, 0.2) is 6.07 Å². The summed E-state index contributed by atoms with van der Waals surface area (Å²) in [5, 5.41) is 16.9. The van der Waals surface area contributed by atoms with Gasteiger partial charge in [-0.15, -0.1) is 0 Å². The molecular weight excluding hydrogens is 296 g/mol. The normalized spacial score (nSPS) is 12.3. The molecule has 2 aromatic heterocycles. The second-order valence-corrected chi connectivity index (χ2v) is 5.75. The zero-order valence-electron chi connectivity index (χ0n) is 13.9. The predicted molar refractivity (Wildman–Crippen MR) is 86.4 cm³/mol. The maximum atomic E-state index is 12.5. The maximum Gasteiger partial charge on any atom is 0.308 e. The van der Waals surface area contributed by atoms with E-state index < -0.39 is 11.9 Å². The Morgan fingerprint density at radius 3 is 2.70 bits per heavy atom. The maximum absolute atomic E-state index is 12.5. The molecule has 2 rings (SSSR count). The molecule has 0 saturated carbocycles. The van der Waals surface area contributed by atoms with Crippen molar-refractivity contribution in [3.63, 3.8) is 0 Å². The number of hydrogen-bond acceptors (Lipinski definition) is 4. The Balaban J connectivity index is 2.29. The molecule has 0 spiro atoms. The molecule has 0 radical (unpaired) electrons. The number of aromatic nitrogens is 3. The lowest BCUT2D eigenvalue weighted by Gasteiger charge is -2.13. The van der Waals surface area contributed by atoms with Crippen LogP contribution >= 0.6 is 0 Å². The molecule has 7 nitrogen and oxygen atoms in total. The number of aryl methyl sites for hydroxylation is 3. The van der Waals surface area contributed by atoms with Crippen LogP contribution in [0, 0.1) is 19.8 Å². The van der Waals surface area contributed by atoms with E-state index in [4.69, 9.17) is 0 Å². The first-order valence-electron chi connectivity index (χ1n) is 7.67. The highest BCUT2D eigenvalue weighted by molar-refractivity contribution is 6.06. The first-order valence-corrected chi connectivity index (χ1v) is 7.67. The van der Waals surface area contributed by atoms with Crippen LogP contribution in [0.25, 0.3) is 11.0 Å². The monoisotopic (exact) mass is 318 g/mol. The predicted octanol–water partition coefficient (Wildman–Crippen LogP) is 1.82. The first kappa shape index (κ1) is 16.9. The number of aliphatic carboxylic acids is 1. The number of pyridine rings is 1. The van der Waals surface area contributed by atoms with Gasteiger partial charge in [0.05, 0.1) is 22.6 Å². The average molecular weight is 318 g/mol. The van der Waals surface area contributed by atoms with Crippen molar-refractivity contribution in [2.24, 2.45) is 13.0 Å². The fraction of sp³-hybridized carbons (Fsp3) is 0.500. The fourth-order valence-corrected chi connectivity index (χ4v) is 2.72. The van der Waals surface area contributed by atoms with Crippen LogP contribution in [0.4, 0.5) is 0 Å². The number of fused-ring (bicyclic) bond motifs is 1. The molecule has 124 valence electrons. The SMILES string of the molecule is CCCC(CNC(=O)c1cc(C)nc2c1c(C)nn2C)C(=O)O. The molecule has 1 atom stereocenters. The van der Waals surface area contributed by atoms with Crippen LogP contribution in [-0.4, -0.2) is 38.3 Å². The second kappa shape index (κ2) is 6.76. The van der Waals surface area contributed by atoms with Crippen molar-refractivity contribution < 1.29 is 14.7 Å². The van der Waals surface area contributed by atoms with Crippen molar-refractivity contribution >= 4 is 22.9 Å². The minimum atomic E-state index is -0.888.